The van der Waals surface area contributed by atoms with Gasteiger partial charge in [-0.25, -0.2) is 12.8 Å². The lowest BCUT2D eigenvalue weighted by atomic mass is 9.57. The zero-order valence-corrected chi connectivity index (χ0v) is 27.9. The Morgan fingerprint density at radius 1 is 1.10 bits per heavy atom. The number of carbonyl (C=O) groups excluding carboxylic acids is 2. The monoisotopic (exact) mass is 680 g/mol. The Morgan fingerprint density at radius 2 is 1.77 bits per heavy atom. The molecular weight excluding hydrogens is 639 g/mol. The number of hydrogen-bond acceptors (Lipinski definition) is 10. The van der Waals surface area contributed by atoms with Crippen LogP contribution in [0.2, 0.25) is 0 Å². The van der Waals surface area contributed by atoms with Crippen LogP contribution in [-0.2, 0) is 32.1 Å². The molecule has 12 nitrogen and oxygen atoms in total. The molecule has 5 aliphatic rings. The summed E-state index contributed by atoms with van der Waals surface area (Å²) in [6.45, 7) is 3.77. The second-order valence-corrected chi connectivity index (χ2v) is 16.4. The Morgan fingerprint density at radius 3 is 2.38 bits per heavy atom. The van der Waals surface area contributed by atoms with Gasteiger partial charge in [-0.15, -0.1) is 0 Å². The Kier molecular flexibility index (Phi) is 7.91. The van der Waals surface area contributed by atoms with E-state index in [9.17, 15) is 18.0 Å². The average molecular weight is 681 g/mol. The highest BCUT2D eigenvalue weighted by atomic mass is 32.2. The first-order valence-electron chi connectivity index (χ1n) is 16.6. The second kappa shape index (κ2) is 11.6. The van der Waals surface area contributed by atoms with E-state index >= 15 is 4.39 Å². The molecule has 8 rings (SSSR count). The van der Waals surface area contributed by atoms with Gasteiger partial charge in [0.25, 0.3) is 5.91 Å². The van der Waals surface area contributed by atoms with E-state index in [2.05, 4.69) is 10.5 Å². The van der Waals surface area contributed by atoms with Crippen molar-refractivity contribution in [1.82, 2.24) is 15.5 Å². The van der Waals surface area contributed by atoms with E-state index in [1.165, 1.54) is 11.0 Å². The van der Waals surface area contributed by atoms with Gasteiger partial charge in [-0.1, -0.05) is 17.3 Å². The Balaban J connectivity index is 1.13. The van der Waals surface area contributed by atoms with Crippen molar-refractivity contribution in [1.29, 1.82) is 0 Å². The molecule has 0 radical (unpaired) electrons. The number of hydrogen-bond donors (Lipinski definition) is 3. The summed E-state index contributed by atoms with van der Waals surface area (Å²) in [7, 11) is -4.15. The second-order valence-electron chi connectivity index (χ2n) is 14.4. The Labute approximate surface area is 278 Å². The number of anilines is 1. The lowest BCUT2D eigenvalue weighted by Crippen LogP contribution is -2.58. The summed E-state index contributed by atoms with van der Waals surface area (Å²) in [5.74, 6) is -1.20. The summed E-state index contributed by atoms with van der Waals surface area (Å²) in [5, 5.41) is 7.30. The lowest BCUT2D eigenvalue weighted by molar-refractivity contribution is -0.119. The van der Waals surface area contributed by atoms with Gasteiger partial charge in [0.05, 0.1) is 46.1 Å². The number of sulfone groups is 1. The molecule has 48 heavy (non-hydrogen) atoms. The van der Waals surface area contributed by atoms with Crippen LogP contribution in [0.5, 0.6) is 5.75 Å². The van der Waals surface area contributed by atoms with Crippen LogP contribution in [0.1, 0.15) is 99.3 Å². The summed E-state index contributed by atoms with van der Waals surface area (Å²) >= 11 is 0. The maximum absolute atomic E-state index is 15.7. The number of rotatable bonds is 8. The molecular formula is C34H41FN6O6S. The summed E-state index contributed by atoms with van der Waals surface area (Å²) in [5.41, 5.74) is 11.3. The number of nitrogens with two attached hydrogens (primary N) is 2. The molecule has 0 spiro atoms. The summed E-state index contributed by atoms with van der Waals surface area (Å²) in [6.07, 6.45) is 6.67. The van der Waals surface area contributed by atoms with Crippen LogP contribution in [0.25, 0.3) is 0 Å². The molecule has 2 aromatic carbocycles. The molecule has 256 valence electrons. The smallest absolute Gasteiger partial charge is 0.254 e. The first kappa shape index (κ1) is 32.7. The minimum absolute atomic E-state index is 0.0312. The molecule has 2 bridgehead atoms. The van der Waals surface area contributed by atoms with Crippen molar-refractivity contribution in [2.24, 2.45) is 11.5 Å². The van der Waals surface area contributed by atoms with Gasteiger partial charge in [0.1, 0.15) is 11.6 Å². The summed E-state index contributed by atoms with van der Waals surface area (Å²) in [6, 6.07) is 7.65. The fourth-order valence-corrected chi connectivity index (χ4v) is 9.18. The van der Waals surface area contributed by atoms with Crippen LogP contribution < -0.4 is 26.4 Å². The van der Waals surface area contributed by atoms with Gasteiger partial charge in [-0.2, -0.15) is 4.98 Å². The molecule has 0 saturated heterocycles. The van der Waals surface area contributed by atoms with Crippen molar-refractivity contribution >= 4 is 27.3 Å². The molecule has 1 atom stereocenters. The zero-order chi connectivity index (χ0) is 34.1. The maximum Gasteiger partial charge on any atom is 0.254 e. The largest absolute Gasteiger partial charge is 0.491 e. The molecule has 1 aliphatic heterocycles. The first-order chi connectivity index (χ1) is 22.7. The van der Waals surface area contributed by atoms with E-state index in [1.807, 2.05) is 13.8 Å². The van der Waals surface area contributed by atoms with Crippen molar-refractivity contribution in [3.05, 3.63) is 65.1 Å². The van der Waals surface area contributed by atoms with Gasteiger partial charge < -0.3 is 30.9 Å². The van der Waals surface area contributed by atoms with Crippen molar-refractivity contribution in [2.75, 3.05) is 10.7 Å². The van der Waals surface area contributed by atoms with Crippen LogP contribution in [0.15, 0.2) is 45.8 Å². The van der Waals surface area contributed by atoms with Crippen molar-refractivity contribution < 1.29 is 31.7 Å². The summed E-state index contributed by atoms with van der Waals surface area (Å²) in [4.78, 5) is 32.9. The SMILES string of the molecule is CC(C)Oc1ccc(CN2C(=O)[C@@H](N)CS(=O)(=O)c3cc(F)c(C(=O)NC45CCC(c6nc(C7(N)CCC7)no6)(CC4)CC5)cc32)cc1. The van der Waals surface area contributed by atoms with Crippen molar-refractivity contribution in [2.45, 2.75) is 112 Å². The van der Waals surface area contributed by atoms with E-state index in [4.69, 9.17) is 25.7 Å². The Bertz CT molecular complexity index is 1850. The molecule has 0 unspecified atom stereocenters. The number of fused-ring (bicyclic) bond motifs is 4. The highest BCUT2D eigenvalue weighted by Gasteiger charge is 2.53. The fraction of sp³-hybridized carbons (Fsp3) is 0.529. The number of ether oxygens (including phenoxy) is 1. The maximum atomic E-state index is 15.7. The number of benzene rings is 2. The van der Waals surface area contributed by atoms with Crippen LogP contribution in [0, 0.1) is 5.82 Å². The van der Waals surface area contributed by atoms with Crippen LogP contribution in [-0.4, -0.2) is 53.8 Å². The normalized spacial score (nSPS) is 27.2. The average Bonchev–Trinajstić information content (AvgIpc) is 3.53. The van der Waals surface area contributed by atoms with Crippen LogP contribution in [0.3, 0.4) is 0 Å². The predicted octanol–water partition coefficient (Wildman–Crippen LogP) is 3.76. The highest BCUT2D eigenvalue weighted by molar-refractivity contribution is 7.91. The standard InChI is InChI=1S/C34H41FN6O6S/c1-20(2)46-22-6-4-21(5-7-22)18-41-26-16-23(24(35)17-27(26)48(44,45)19-25(36)29(41)43)28(42)39-33-13-10-32(11-14-33,12-15-33)31-38-30(40-47-31)34(37)8-3-9-34/h4-7,16-17,20,25H,3,8-15,18-19,36-37H2,1-2H3,(H,39,42)/t25-,32?,33?/m0/s1. The first-order valence-corrected chi connectivity index (χ1v) is 18.2. The predicted molar refractivity (Wildman–Crippen MR) is 173 cm³/mol. The van der Waals surface area contributed by atoms with Gasteiger partial charge in [0.2, 0.25) is 11.8 Å². The van der Waals surface area contributed by atoms with Gasteiger partial charge in [-0.3, -0.25) is 9.59 Å². The molecule has 4 fully saturated rings. The molecule has 2 heterocycles. The highest BCUT2D eigenvalue weighted by Crippen LogP contribution is 2.53. The number of carbonyl (C=O) groups is 2. The minimum atomic E-state index is -4.15. The van der Waals surface area contributed by atoms with Gasteiger partial charge >= 0.3 is 0 Å². The van der Waals surface area contributed by atoms with E-state index in [1.54, 1.807) is 24.3 Å². The topological polar surface area (TPSA) is 184 Å². The third-order valence-electron chi connectivity index (χ3n) is 10.7. The number of nitrogens with zero attached hydrogens (tertiary/aromatic N) is 3. The molecule has 4 saturated carbocycles. The van der Waals surface area contributed by atoms with Crippen molar-refractivity contribution in [3.63, 3.8) is 0 Å². The van der Waals surface area contributed by atoms with Gasteiger partial charge in [-0.05, 0) is 101 Å². The molecule has 5 N–H and O–H groups in total. The number of aromatic nitrogens is 2. The molecule has 14 heteroatoms. The van der Waals surface area contributed by atoms with E-state index in [0.717, 1.165) is 25.3 Å². The van der Waals surface area contributed by atoms with E-state index in [-0.39, 0.29) is 34.2 Å². The number of nitrogens with one attached hydrogen (secondary N) is 1. The van der Waals surface area contributed by atoms with Crippen molar-refractivity contribution in [3.8, 4) is 5.75 Å². The Hall–Kier alpha value is -3.88. The quantitative estimate of drug-likeness (QED) is 0.317. The van der Waals surface area contributed by atoms with E-state index in [0.29, 0.717) is 61.6 Å². The molecule has 3 aromatic rings. The fourth-order valence-electron chi connectivity index (χ4n) is 7.61. The minimum Gasteiger partial charge on any atom is -0.491 e. The van der Waals surface area contributed by atoms with Crippen LogP contribution in [0.4, 0.5) is 10.1 Å². The van der Waals surface area contributed by atoms with Gasteiger partial charge in [0, 0.05) is 11.0 Å². The van der Waals surface area contributed by atoms with E-state index < -0.39 is 50.3 Å². The lowest BCUT2D eigenvalue weighted by Gasteiger charge is -2.52. The molecule has 2 amide bonds. The number of halogens is 1. The molecule has 4 aliphatic carbocycles. The zero-order valence-electron chi connectivity index (χ0n) is 27.1. The van der Waals surface area contributed by atoms with Crippen LogP contribution >= 0.6 is 0 Å². The number of amides is 2. The summed E-state index contributed by atoms with van der Waals surface area (Å²) < 4.78 is 53.7. The molecule has 1 aromatic heterocycles. The third kappa shape index (κ3) is 5.67. The third-order valence-corrected chi connectivity index (χ3v) is 12.5. The van der Waals surface area contributed by atoms with Gasteiger partial charge in [0.15, 0.2) is 15.7 Å².